The van der Waals surface area contributed by atoms with E-state index in [1.165, 1.54) is 16.2 Å². The second kappa shape index (κ2) is 4.53. The predicted molar refractivity (Wildman–Crippen MR) is 69.7 cm³/mol. The highest BCUT2D eigenvalue weighted by molar-refractivity contribution is 8.03. The van der Waals surface area contributed by atoms with Crippen molar-refractivity contribution in [3.05, 3.63) is 34.5 Å². The molecule has 2 aromatic rings. The summed E-state index contributed by atoms with van der Waals surface area (Å²) in [5.41, 5.74) is 0.486. The van der Waals surface area contributed by atoms with Gasteiger partial charge in [0.25, 0.3) is 8.81 Å². The van der Waals surface area contributed by atoms with Gasteiger partial charge in [-0.05, 0) is 6.07 Å². The molecule has 90 valence electrons. The van der Waals surface area contributed by atoms with Gasteiger partial charge in [0.15, 0.2) is 0 Å². The quantitative estimate of drug-likeness (QED) is 0.481. The second-order valence-corrected chi connectivity index (χ2v) is 7.15. The molecule has 1 aromatic heterocycles. The van der Waals surface area contributed by atoms with Gasteiger partial charge in [0, 0.05) is 29.5 Å². The number of hydrogen-bond acceptors (Lipinski definition) is 4. The fourth-order valence-electron chi connectivity index (χ4n) is 1.27. The maximum Gasteiger partial charge on any atom is 0.271 e. The van der Waals surface area contributed by atoms with Crippen LogP contribution in [0, 0.1) is 10.1 Å². The predicted octanol–water partition coefficient (Wildman–Crippen LogP) is 3.77. The highest BCUT2D eigenvalue weighted by Gasteiger charge is 2.24. The average Bonchev–Trinajstić information content (AvgIpc) is 2.58. The standard InChI is InChI=1S/C8H4Cl3N3O2S/c9-8(10,11)17-13-7-3-6(14(15)16)2-1-5(7)4-12-13/h1-4H. The molecule has 0 saturated carbocycles. The molecule has 17 heavy (non-hydrogen) atoms. The molecule has 0 saturated heterocycles. The Bertz CT molecular complexity index is 581. The first-order valence-electron chi connectivity index (χ1n) is 4.25. The van der Waals surface area contributed by atoms with E-state index in [2.05, 4.69) is 5.10 Å². The Labute approximate surface area is 115 Å². The number of fused-ring (bicyclic) bond motifs is 1. The lowest BCUT2D eigenvalue weighted by Gasteiger charge is -2.09. The zero-order chi connectivity index (χ0) is 12.6. The van der Waals surface area contributed by atoms with Crippen molar-refractivity contribution < 1.29 is 4.92 Å². The number of hydrogen-bond donors (Lipinski definition) is 0. The smallest absolute Gasteiger partial charge is 0.258 e. The van der Waals surface area contributed by atoms with E-state index in [4.69, 9.17) is 34.8 Å². The molecule has 9 heteroatoms. The number of aromatic nitrogens is 2. The molecule has 0 N–H and O–H groups in total. The molecule has 2 rings (SSSR count). The summed E-state index contributed by atoms with van der Waals surface area (Å²) in [4.78, 5) is 10.2. The molecule has 0 atom stereocenters. The Balaban J connectivity index is 2.50. The lowest BCUT2D eigenvalue weighted by atomic mass is 10.2. The highest BCUT2D eigenvalue weighted by Crippen LogP contribution is 2.40. The van der Waals surface area contributed by atoms with Gasteiger partial charge in [-0.2, -0.15) is 5.10 Å². The Morgan fingerprint density at radius 1 is 1.41 bits per heavy atom. The van der Waals surface area contributed by atoms with E-state index < -0.39 is 8.05 Å². The largest absolute Gasteiger partial charge is 0.271 e. The number of rotatable bonds is 2. The molecule has 0 unspecified atom stereocenters. The maximum absolute atomic E-state index is 10.7. The molecule has 1 aromatic carbocycles. The molecular weight excluding hydrogens is 309 g/mol. The summed E-state index contributed by atoms with van der Waals surface area (Å²) in [6, 6.07) is 4.37. The van der Waals surface area contributed by atoms with E-state index in [1.54, 1.807) is 12.3 Å². The normalized spacial score (nSPS) is 11.9. The molecule has 0 bridgehead atoms. The summed E-state index contributed by atoms with van der Waals surface area (Å²) in [5, 5.41) is 15.4. The minimum Gasteiger partial charge on any atom is -0.258 e. The van der Waals surface area contributed by atoms with Crippen molar-refractivity contribution in [3.8, 4) is 0 Å². The van der Waals surface area contributed by atoms with Crippen LogP contribution in [0.5, 0.6) is 0 Å². The van der Waals surface area contributed by atoms with Gasteiger partial charge in [-0.1, -0.05) is 34.8 Å². The van der Waals surface area contributed by atoms with E-state index in [9.17, 15) is 10.1 Å². The zero-order valence-corrected chi connectivity index (χ0v) is 11.1. The van der Waals surface area contributed by atoms with Crippen LogP contribution in [0.3, 0.4) is 0 Å². The Hall–Kier alpha value is -0.690. The van der Waals surface area contributed by atoms with Gasteiger partial charge in [0.2, 0.25) is 0 Å². The number of non-ortho nitro benzene ring substituents is 1. The third-order valence-electron chi connectivity index (χ3n) is 1.92. The molecule has 0 amide bonds. The van der Waals surface area contributed by atoms with Crippen molar-refractivity contribution in [1.82, 2.24) is 9.19 Å². The molecule has 0 radical (unpaired) electrons. The van der Waals surface area contributed by atoms with Crippen LogP contribution >= 0.6 is 46.8 Å². The first-order valence-corrected chi connectivity index (χ1v) is 6.16. The molecule has 1 heterocycles. The number of halogens is 3. The summed E-state index contributed by atoms with van der Waals surface area (Å²) in [6.45, 7) is 0. The monoisotopic (exact) mass is 311 g/mol. The van der Waals surface area contributed by atoms with Gasteiger partial charge in [-0.3, -0.25) is 10.1 Å². The van der Waals surface area contributed by atoms with Crippen LogP contribution in [0.1, 0.15) is 0 Å². The SMILES string of the molecule is O=[N+]([O-])c1ccc2cnn(SC(Cl)(Cl)Cl)c2c1. The van der Waals surface area contributed by atoms with Crippen molar-refractivity contribution in [1.29, 1.82) is 0 Å². The summed E-state index contributed by atoms with van der Waals surface area (Å²) in [6.07, 6.45) is 1.54. The fourth-order valence-corrected chi connectivity index (χ4v) is 2.40. The van der Waals surface area contributed by atoms with Crippen molar-refractivity contribution in [2.45, 2.75) is 3.12 Å². The third-order valence-corrected chi connectivity index (χ3v) is 3.21. The van der Waals surface area contributed by atoms with Crippen LogP contribution in [-0.2, 0) is 0 Å². The van der Waals surface area contributed by atoms with E-state index >= 15 is 0 Å². The summed E-state index contributed by atoms with van der Waals surface area (Å²) in [7, 11) is 0. The van der Waals surface area contributed by atoms with Gasteiger partial charge >= 0.3 is 0 Å². The van der Waals surface area contributed by atoms with E-state index in [0.29, 0.717) is 5.52 Å². The van der Waals surface area contributed by atoms with Gasteiger partial charge in [-0.25, -0.2) is 4.09 Å². The average molecular weight is 313 g/mol. The fraction of sp³-hybridized carbons (Fsp3) is 0.125. The minimum atomic E-state index is -1.58. The topological polar surface area (TPSA) is 61.0 Å². The Kier molecular flexibility index (Phi) is 3.40. The molecular formula is C8H4Cl3N3O2S. The van der Waals surface area contributed by atoms with Crippen LogP contribution in [0.15, 0.2) is 24.4 Å². The molecule has 0 fully saturated rings. The van der Waals surface area contributed by atoms with Gasteiger partial charge in [0.05, 0.1) is 16.6 Å². The van der Waals surface area contributed by atoms with Gasteiger partial charge in [-0.15, -0.1) is 0 Å². The van der Waals surface area contributed by atoms with Crippen molar-refractivity contribution in [2.24, 2.45) is 0 Å². The number of benzene rings is 1. The highest BCUT2D eigenvalue weighted by atomic mass is 35.6. The van der Waals surface area contributed by atoms with E-state index in [1.807, 2.05) is 0 Å². The van der Waals surface area contributed by atoms with Crippen LogP contribution < -0.4 is 0 Å². The number of alkyl halides is 3. The van der Waals surface area contributed by atoms with Crippen LogP contribution in [0.25, 0.3) is 10.9 Å². The maximum atomic E-state index is 10.7. The van der Waals surface area contributed by atoms with Gasteiger partial charge in [0.1, 0.15) is 0 Å². The van der Waals surface area contributed by atoms with Crippen LogP contribution in [-0.4, -0.2) is 17.2 Å². The number of nitro benzene ring substituents is 1. The second-order valence-electron chi connectivity index (χ2n) is 3.05. The molecule has 0 spiro atoms. The van der Waals surface area contributed by atoms with Crippen molar-refractivity contribution >= 4 is 63.3 Å². The number of nitro groups is 1. The molecule has 5 nitrogen and oxygen atoms in total. The Morgan fingerprint density at radius 3 is 2.71 bits per heavy atom. The van der Waals surface area contributed by atoms with Crippen LogP contribution in [0.4, 0.5) is 5.69 Å². The first-order chi connectivity index (χ1) is 7.87. The lowest BCUT2D eigenvalue weighted by molar-refractivity contribution is -0.384. The third kappa shape index (κ3) is 2.95. The lowest BCUT2D eigenvalue weighted by Crippen LogP contribution is -2.01. The first kappa shape index (κ1) is 12.8. The zero-order valence-electron chi connectivity index (χ0n) is 8.01. The van der Waals surface area contributed by atoms with Gasteiger partial charge < -0.3 is 0 Å². The molecule has 0 aliphatic heterocycles. The summed E-state index contributed by atoms with van der Waals surface area (Å²) < 4.78 is -0.237. The molecule has 0 aliphatic rings. The van der Waals surface area contributed by atoms with Crippen molar-refractivity contribution in [2.75, 3.05) is 0 Å². The molecule has 0 aliphatic carbocycles. The Morgan fingerprint density at radius 2 is 2.12 bits per heavy atom. The van der Waals surface area contributed by atoms with Crippen LogP contribution in [0.2, 0.25) is 0 Å². The van der Waals surface area contributed by atoms with E-state index in [0.717, 1.165) is 17.3 Å². The van der Waals surface area contributed by atoms with Crippen molar-refractivity contribution in [3.63, 3.8) is 0 Å². The summed E-state index contributed by atoms with van der Waals surface area (Å²) >= 11 is 17.7. The van der Waals surface area contributed by atoms with E-state index in [-0.39, 0.29) is 5.69 Å². The summed E-state index contributed by atoms with van der Waals surface area (Å²) in [5.74, 6) is 0. The number of nitrogens with zero attached hydrogens (tertiary/aromatic N) is 3. The minimum absolute atomic E-state index is 0.0378.